The second-order valence-corrected chi connectivity index (χ2v) is 10.7. The van der Waals surface area contributed by atoms with Crippen molar-refractivity contribution >= 4 is 34.0 Å². The Morgan fingerprint density at radius 1 is 1.03 bits per heavy atom. The molecule has 1 amide bonds. The number of carbonyl (C=O) groups is 2. The van der Waals surface area contributed by atoms with E-state index < -0.39 is 17.7 Å². The molecule has 5 rings (SSSR count). The summed E-state index contributed by atoms with van der Waals surface area (Å²) in [5, 5.41) is 12.6. The number of aliphatic hydroxyl groups excluding tert-OH is 1. The van der Waals surface area contributed by atoms with E-state index in [-0.39, 0.29) is 16.7 Å². The number of fused-ring (bicyclic) bond motifs is 1. The molecule has 0 aliphatic carbocycles. The Hall–Kier alpha value is -4.32. The highest BCUT2D eigenvalue weighted by molar-refractivity contribution is 6.52. The Morgan fingerprint density at radius 2 is 1.74 bits per heavy atom. The van der Waals surface area contributed by atoms with E-state index in [4.69, 9.17) is 4.74 Å². The predicted molar refractivity (Wildman–Crippen MR) is 151 cm³/mol. The molecule has 1 unspecified atom stereocenters. The lowest BCUT2D eigenvalue weighted by molar-refractivity contribution is -0.132. The van der Waals surface area contributed by atoms with E-state index in [0.29, 0.717) is 23.6 Å². The molecule has 1 aliphatic heterocycles. The van der Waals surface area contributed by atoms with E-state index in [1.807, 2.05) is 62.5 Å². The molecule has 0 saturated carbocycles. The fraction of sp³-hybridized carbons (Fsp3) is 0.250. The highest BCUT2D eigenvalue weighted by atomic mass is 16.5. The molecule has 1 fully saturated rings. The van der Waals surface area contributed by atoms with E-state index in [1.165, 1.54) is 4.90 Å². The minimum atomic E-state index is -0.818. The Kier molecular flexibility index (Phi) is 6.35. The van der Waals surface area contributed by atoms with Crippen molar-refractivity contribution in [3.63, 3.8) is 0 Å². The summed E-state index contributed by atoms with van der Waals surface area (Å²) in [4.78, 5) is 32.0. The van der Waals surface area contributed by atoms with Crippen molar-refractivity contribution in [1.82, 2.24) is 4.98 Å². The van der Waals surface area contributed by atoms with Gasteiger partial charge in [0.1, 0.15) is 11.5 Å². The topological polar surface area (TPSA) is 82.6 Å². The van der Waals surface area contributed by atoms with Gasteiger partial charge in [0.15, 0.2) is 0 Å². The van der Waals surface area contributed by atoms with Crippen LogP contribution in [0.1, 0.15) is 56.0 Å². The van der Waals surface area contributed by atoms with Crippen LogP contribution >= 0.6 is 0 Å². The summed E-state index contributed by atoms with van der Waals surface area (Å²) in [6.45, 7) is 10.6. The highest BCUT2D eigenvalue weighted by Crippen LogP contribution is 2.45. The van der Waals surface area contributed by atoms with Gasteiger partial charge in [0.2, 0.25) is 0 Å². The maximum Gasteiger partial charge on any atom is 0.300 e. The minimum absolute atomic E-state index is 0.0720. The summed E-state index contributed by atoms with van der Waals surface area (Å²) in [7, 11) is 0. The first-order chi connectivity index (χ1) is 18.1. The minimum Gasteiger partial charge on any atom is -0.507 e. The maximum absolute atomic E-state index is 13.7. The SMILES string of the molecule is CCOc1ccc(N2C(=O)C(=O)/C(=C(/O)c3cc(C(C)(C)C)ccc3C)C2c2c[nH]c3ccccc23)cc1. The molecule has 1 saturated heterocycles. The Labute approximate surface area is 222 Å². The molecule has 6 nitrogen and oxygen atoms in total. The molecule has 0 bridgehead atoms. The number of rotatable bonds is 5. The van der Waals surface area contributed by atoms with Crippen LogP contribution in [0.5, 0.6) is 5.75 Å². The van der Waals surface area contributed by atoms with Crippen molar-refractivity contribution in [3.05, 3.63) is 101 Å². The molecule has 2 heterocycles. The number of hydrogen-bond donors (Lipinski definition) is 2. The lowest BCUT2D eigenvalue weighted by atomic mass is 9.84. The molecule has 0 radical (unpaired) electrons. The molecule has 1 aromatic heterocycles. The van der Waals surface area contributed by atoms with Crippen LogP contribution < -0.4 is 9.64 Å². The number of H-pyrrole nitrogens is 1. The largest absolute Gasteiger partial charge is 0.507 e. The third-order valence-corrected chi connectivity index (χ3v) is 7.14. The second kappa shape index (κ2) is 9.53. The summed E-state index contributed by atoms with van der Waals surface area (Å²) >= 11 is 0. The van der Waals surface area contributed by atoms with Gasteiger partial charge in [-0.05, 0) is 66.8 Å². The van der Waals surface area contributed by atoms with Gasteiger partial charge in [0.25, 0.3) is 11.7 Å². The average Bonchev–Trinajstić information content (AvgIpc) is 3.42. The number of ketones is 1. The standard InChI is InChI=1S/C32H32N2O4/c1-6-38-22-15-13-21(14-16-22)34-28(25-18-33-26-10-8-7-9-23(25)26)27(30(36)31(34)37)29(35)24-17-20(32(3,4)5)12-11-19(24)2/h7-18,28,33,35H,6H2,1-5H3/b29-27+. The zero-order chi connectivity index (χ0) is 27.2. The number of Topliss-reactive ketones (excluding diaryl/α,β-unsaturated/α-hetero) is 1. The van der Waals surface area contributed by atoms with Crippen molar-refractivity contribution in [2.24, 2.45) is 0 Å². The van der Waals surface area contributed by atoms with Gasteiger partial charge in [-0.15, -0.1) is 0 Å². The summed E-state index contributed by atoms with van der Waals surface area (Å²) < 4.78 is 5.57. The first-order valence-corrected chi connectivity index (χ1v) is 12.8. The summed E-state index contributed by atoms with van der Waals surface area (Å²) in [5.41, 5.74) is 4.47. The van der Waals surface area contributed by atoms with Crippen molar-refractivity contribution in [1.29, 1.82) is 0 Å². The normalized spacial score (nSPS) is 17.4. The smallest absolute Gasteiger partial charge is 0.300 e. The molecule has 3 aromatic carbocycles. The van der Waals surface area contributed by atoms with Crippen LogP contribution in [-0.2, 0) is 15.0 Å². The van der Waals surface area contributed by atoms with Gasteiger partial charge in [-0.2, -0.15) is 0 Å². The third-order valence-electron chi connectivity index (χ3n) is 7.14. The van der Waals surface area contributed by atoms with Crippen LogP contribution in [0.4, 0.5) is 5.69 Å². The number of nitrogens with zero attached hydrogens (tertiary/aromatic N) is 1. The van der Waals surface area contributed by atoms with Crippen LogP contribution in [0.3, 0.4) is 0 Å². The first kappa shape index (κ1) is 25.3. The van der Waals surface area contributed by atoms with Crippen molar-refractivity contribution in [3.8, 4) is 5.75 Å². The number of aryl methyl sites for hydroxylation is 1. The number of aromatic nitrogens is 1. The van der Waals surface area contributed by atoms with E-state index in [9.17, 15) is 14.7 Å². The third kappa shape index (κ3) is 4.26. The fourth-order valence-corrected chi connectivity index (χ4v) is 5.07. The van der Waals surface area contributed by atoms with Crippen LogP contribution in [0, 0.1) is 6.92 Å². The second-order valence-electron chi connectivity index (χ2n) is 10.7. The van der Waals surface area contributed by atoms with Gasteiger partial charge in [0, 0.05) is 33.9 Å². The van der Waals surface area contributed by atoms with E-state index in [1.54, 1.807) is 24.3 Å². The fourth-order valence-electron chi connectivity index (χ4n) is 5.07. The maximum atomic E-state index is 13.7. The Morgan fingerprint density at radius 3 is 2.42 bits per heavy atom. The van der Waals surface area contributed by atoms with E-state index in [2.05, 4.69) is 25.8 Å². The molecule has 1 atom stereocenters. The average molecular weight is 509 g/mol. The van der Waals surface area contributed by atoms with Crippen LogP contribution in [0.2, 0.25) is 0 Å². The molecule has 1 aliphatic rings. The molecule has 194 valence electrons. The summed E-state index contributed by atoms with van der Waals surface area (Å²) in [5.74, 6) is -0.899. The van der Waals surface area contributed by atoms with Crippen LogP contribution in [0.25, 0.3) is 16.7 Å². The lowest BCUT2D eigenvalue weighted by Gasteiger charge is -2.25. The van der Waals surface area contributed by atoms with Crippen LogP contribution in [-0.4, -0.2) is 28.4 Å². The number of aromatic amines is 1. The van der Waals surface area contributed by atoms with E-state index in [0.717, 1.165) is 27.6 Å². The number of para-hydroxylation sites is 1. The van der Waals surface area contributed by atoms with Gasteiger partial charge in [-0.1, -0.05) is 51.1 Å². The number of aliphatic hydroxyl groups is 1. The molecule has 38 heavy (non-hydrogen) atoms. The number of amides is 1. The summed E-state index contributed by atoms with van der Waals surface area (Å²) in [6.07, 6.45) is 1.81. The van der Waals surface area contributed by atoms with Gasteiger partial charge >= 0.3 is 0 Å². The lowest BCUT2D eigenvalue weighted by Crippen LogP contribution is -2.29. The van der Waals surface area contributed by atoms with E-state index >= 15 is 0 Å². The molecular formula is C32H32N2O4. The Balaban J connectivity index is 1.75. The monoisotopic (exact) mass is 508 g/mol. The van der Waals surface area contributed by atoms with Gasteiger partial charge in [-0.25, -0.2) is 0 Å². The zero-order valence-corrected chi connectivity index (χ0v) is 22.3. The van der Waals surface area contributed by atoms with Gasteiger partial charge in [-0.3, -0.25) is 14.5 Å². The van der Waals surface area contributed by atoms with Gasteiger partial charge in [0.05, 0.1) is 18.2 Å². The number of carbonyl (C=O) groups excluding carboxylic acids is 2. The predicted octanol–water partition coefficient (Wildman–Crippen LogP) is 6.80. The number of nitrogens with one attached hydrogen (secondary N) is 1. The van der Waals surface area contributed by atoms with Crippen molar-refractivity contribution in [2.75, 3.05) is 11.5 Å². The van der Waals surface area contributed by atoms with Gasteiger partial charge < -0.3 is 14.8 Å². The number of benzene rings is 3. The zero-order valence-electron chi connectivity index (χ0n) is 22.3. The molecule has 2 N–H and O–H groups in total. The highest BCUT2D eigenvalue weighted by Gasteiger charge is 2.48. The molecule has 4 aromatic rings. The quantitative estimate of drug-likeness (QED) is 0.176. The van der Waals surface area contributed by atoms with Crippen molar-refractivity contribution in [2.45, 2.75) is 46.1 Å². The molecular weight excluding hydrogens is 476 g/mol. The molecule has 0 spiro atoms. The number of anilines is 1. The number of hydrogen-bond acceptors (Lipinski definition) is 4. The van der Waals surface area contributed by atoms with Crippen molar-refractivity contribution < 1.29 is 19.4 Å². The number of ether oxygens (including phenoxy) is 1. The first-order valence-electron chi connectivity index (χ1n) is 12.8. The Bertz CT molecular complexity index is 1570. The van der Waals surface area contributed by atoms with Crippen LogP contribution in [0.15, 0.2) is 78.5 Å². The molecule has 6 heteroatoms. The summed E-state index contributed by atoms with van der Waals surface area (Å²) in [6, 6.07) is 19.9.